The maximum atomic E-state index is 11.3. The van der Waals surface area contributed by atoms with Gasteiger partial charge in [-0.1, -0.05) is 53.5 Å². The van der Waals surface area contributed by atoms with Crippen molar-refractivity contribution >= 4 is 51.5 Å². The number of nitrogens with zero attached hydrogens (tertiary/aromatic N) is 1. The molecule has 0 N–H and O–H groups in total. The van der Waals surface area contributed by atoms with Crippen molar-refractivity contribution in [2.45, 2.75) is 6.42 Å². The SMILES string of the molecule is O=S([O-])N(CCc1ccccc1)c1cc(Cl)sc1Cl. The monoisotopic (exact) mass is 334 g/mol. The summed E-state index contributed by atoms with van der Waals surface area (Å²) in [5.74, 6) is 0. The minimum absolute atomic E-state index is 0.326. The standard InChI is InChI=1S/C12H11Cl2NO2S2/c13-11-8-10(12(14)18-11)15(19(16)17)7-6-9-4-2-1-3-5-9/h1-5,8H,6-7H2,(H,16,17)/p-1. The van der Waals surface area contributed by atoms with Crippen molar-refractivity contribution in [3.63, 3.8) is 0 Å². The van der Waals surface area contributed by atoms with Crippen LogP contribution in [0.4, 0.5) is 5.69 Å². The summed E-state index contributed by atoms with van der Waals surface area (Å²) >= 11 is 10.6. The summed E-state index contributed by atoms with van der Waals surface area (Å²) in [5.41, 5.74) is 1.50. The van der Waals surface area contributed by atoms with Crippen LogP contribution in [-0.4, -0.2) is 15.3 Å². The highest BCUT2D eigenvalue weighted by Gasteiger charge is 2.14. The number of anilines is 1. The van der Waals surface area contributed by atoms with Crippen LogP contribution in [-0.2, 0) is 17.7 Å². The fourth-order valence-corrected chi connectivity index (χ4v) is 3.78. The fourth-order valence-electron chi connectivity index (χ4n) is 1.65. The van der Waals surface area contributed by atoms with E-state index in [1.165, 1.54) is 4.31 Å². The Hall–Kier alpha value is -0.590. The molecular weight excluding hydrogens is 325 g/mol. The third-order valence-corrected chi connectivity index (χ3v) is 4.74. The highest BCUT2D eigenvalue weighted by Crippen LogP contribution is 2.38. The van der Waals surface area contributed by atoms with Gasteiger partial charge in [-0.05, 0) is 18.1 Å². The molecule has 0 saturated heterocycles. The molecule has 0 bridgehead atoms. The van der Waals surface area contributed by atoms with E-state index in [1.54, 1.807) is 6.07 Å². The molecule has 1 heterocycles. The van der Waals surface area contributed by atoms with Gasteiger partial charge in [-0.3, -0.25) is 8.51 Å². The molecule has 0 radical (unpaired) electrons. The lowest BCUT2D eigenvalue weighted by Gasteiger charge is -2.25. The summed E-state index contributed by atoms with van der Waals surface area (Å²) < 4.78 is 24.7. The molecule has 0 aliphatic heterocycles. The first-order valence-corrected chi connectivity index (χ1v) is 8.04. The molecule has 0 fully saturated rings. The van der Waals surface area contributed by atoms with Crippen LogP contribution in [0.25, 0.3) is 0 Å². The third kappa shape index (κ3) is 3.94. The van der Waals surface area contributed by atoms with Crippen LogP contribution in [0.2, 0.25) is 8.67 Å². The van der Waals surface area contributed by atoms with E-state index >= 15 is 0 Å². The molecule has 1 aromatic carbocycles. The molecule has 0 aliphatic carbocycles. The lowest BCUT2D eigenvalue weighted by molar-refractivity contribution is 0.532. The van der Waals surface area contributed by atoms with Crippen LogP contribution in [0.3, 0.4) is 0 Å². The average molecular weight is 335 g/mol. The lowest BCUT2D eigenvalue weighted by Crippen LogP contribution is -2.27. The van der Waals surface area contributed by atoms with Gasteiger partial charge in [0.2, 0.25) is 0 Å². The van der Waals surface area contributed by atoms with Gasteiger partial charge in [-0.15, -0.1) is 11.3 Å². The topological polar surface area (TPSA) is 43.4 Å². The predicted octanol–water partition coefficient (Wildman–Crippen LogP) is 3.90. The molecule has 2 aromatic rings. The molecule has 2 rings (SSSR count). The van der Waals surface area contributed by atoms with Gasteiger partial charge in [0.25, 0.3) is 0 Å². The molecule has 1 unspecified atom stereocenters. The summed E-state index contributed by atoms with van der Waals surface area (Å²) in [5, 5.41) is 0. The maximum absolute atomic E-state index is 11.3. The zero-order chi connectivity index (χ0) is 13.8. The maximum Gasteiger partial charge on any atom is 0.119 e. The van der Waals surface area contributed by atoms with Crippen molar-refractivity contribution in [2.24, 2.45) is 0 Å². The minimum Gasteiger partial charge on any atom is -0.755 e. The van der Waals surface area contributed by atoms with Gasteiger partial charge in [0.15, 0.2) is 0 Å². The molecule has 0 aliphatic rings. The van der Waals surface area contributed by atoms with E-state index in [1.807, 2.05) is 30.3 Å². The molecule has 102 valence electrons. The van der Waals surface area contributed by atoms with E-state index < -0.39 is 11.3 Å². The molecular formula is C12H10Cl2NO2S2-. The molecule has 0 amide bonds. The van der Waals surface area contributed by atoms with E-state index in [2.05, 4.69) is 0 Å². The smallest absolute Gasteiger partial charge is 0.119 e. The second-order valence-electron chi connectivity index (χ2n) is 3.76. The van der Waals surface area contributed by atoms with Crippen LogP contribution in [0.1, 0.15) is 5.56 Å². The van der Waals surface area contributed by atoms with Gasteiger partial charge >= 0.3 is 0 Å². The Bertz CT molecular complexity index is 574. The molecule has 0 saturated carbocycles. The summed E-state index contributed by atoms with van der Waals surface area (Å²) in [4.78, 5) is 0. The first-order chi connectivity index (χ1) is 9.08. The largest absolute Gasteiger partial charge is 0.755 e. The van der Waals surface area contributed by atoms with Gasteiger partial charge in [-0.2, -0.15) is 0 Å². The summed E-state index contributed by atoms with van der Waals surface area (Å²) in [6.07, 6.45) is 0.610. The van der Waals surface area contributed by atoms with Crippen molar-refractivity contribution in [1.29, 1.82) is 0 Å². The Kier molecular flexibility index (Phi) is 5.24. The Labute approximate surface area is 128 Å². The quantitative estimate of drug-likeness (QED) is 0.778. The molecule has 0 spiro atoms. The zero-order valence-electron chi connectivity index (χ0n) is 9.71. The molecule has 1 atom stereocenters. The highest BCUT2D eigenvalue weighted by molar-refractivity contribution is 7.80. The number of rotatable bonds is 5. The van der Waals surface area contributed by atoms with E-state index in [9.17, 15) is 8.76 Å². The van der Waals surface area contributed by atoms with Gasteiger partial charge in [0.05, 0.1) is 10.0 Å². The first-order valence-electron chi connectivity index (χ1n) is 5.43. The Morgan fingerprint density at radius 2 is 1.95 bits per heavy atom. The van der Waals surface area contributed by atoms with Gasteiger partial charge < -0.3 is 4.55 Å². The Morgan fingerprint density at radius 3 is 2.47 bits per heavy atom. The van der Waals surface area contributed by atoms with E-state index in [0.717, 1.165) is 16.9 Å². The predicted molar refractivity (Wildman–Crippen MR) is 80.8 cm³/mol. The Balaban J connectivity index is 2.13. The van der Waals surface area contributed by atoms with Crippen molar-refractivity contribution in [3.05, 3.63) is 50.6 Å². The molecule has 1 aromatic heterocycles. The number of hydrogen-bond donors (Lipinski definition) is 0. The molecule has 7 heteroatoms. The van der Waals surface area contributed by atoms with Gasteiger partial charge in [-0.25, -0.2) is 0 Å². The average Bonchev–Trinajstić information content (AvgIpc) is 2.70. The second kappa shape index (κ2) is 6.72. The van der Waals surface area contributed by atoms with Crippen LogP contribution in [0.15, 0.2) is 36.4 Å². The highest BCUT2D eigenvalue weighted by atomic mass is 35.5. The number of thiophene rings is 1. The lowest BCUT2D eigenvalue weighted by atomic mass is 10.1. The third-order valence-electron chi connectivity index (χ3n) is 2.53. The van der Waals surface area contributed by atoms with Crippen LogP contribution in [0, 0.1) is 0 Å². The number of hydrogen-bond acceptors (Lipinski definition) is 3. The second-order valence-corrected chi connectivity index (χ2v) is 6.92. The number of halogens is 2. The van der Waals surface area contributed by atoms with Gasteiger partial charge in [0.1, 0.15) is 4.34 Å². The first kappa shape index (κ1) is 14.8. The molecule has 3 nitrogen and oxygen atoms in total. The molecule has 19 heavy (non-hydrogen) atoms. The van der Waals surface area contributed by atoms with Crippen molar-refractivity contribution in [2.75, 3.05) is 10.8 Å². The van der Waals surface area contributed by atoms with E-state index in [4.69, 9.17) is 23.2 Å². The fraction of sp³-hybridized carbons (Fsp3) is 0.167. The van der Waals surface area contributed by atoms with Crippen LogP contribution < -0.4 is 4.31 Å². The Morgan fingerprint density at radius 1 is 1.26 bits per heavy atom. The van der Waals surface area contributed by atoms with Crippen LogP contribution in [0.5, 0.6) is 0 Å². The summed E-state index contributed by atoms with van der Waals surface area (Å²) in [6.45, 7) is 0.326. The van der Waals surface area contributed by atoms with Crippen molar-refractivity contribution < 1.29 is 8.76 Å². The number of benzene rings is 1. The summed E-state index contributed by atoms with van der Waals surface area (Å²) in [6, 6.07) is 11.2. The van der Waals surface area contributed by atoms with Crippen molar-refractivity contribution in [3.8, 4) is 0 Å². The van der Waals surface area contributed by atoms with E-state index in [-0.39, 0.29) is 0 Å². The summed E-state index contributed by atoms with van der Waals surface area (Å²) in [7, 11) is 0. The van der Waals surface area contributed by atoms with E-state index in [0.29, 0.717) is 27.3 Å². The normalized spacial score (nSPS) is 12.4. The van der Waals surface area contributed by atoms with Gasteiger partial charge in [0, 0.05) is 17.8 Å². The zero-order valence-corrected chi connectivity index (χ0v) is 12.9. The minimum atomic E-state index is -2.38. The van der Waals surface area contributed by atoms with Crippen molar-refractivity contribution in [1.82, 2.24) is 0 Å². The van der Waals surface area contributed by atoms with Crippen LogP contribution >= 0.6 is 34.5 Å².